The average Bonchev–Trinajstić information content (AvgIpc) is 2.46. The molecule has 2 amide bonds. The van der Waals surface area contributed by atoms with Gasteiger partial charge in [0.25, 0.3) is 11.8 Å². The highest BCUT2D eigenvalue weighted by atomic mass is 19.3. The predicted molar refractivity (Wildman–Crippen MR) is 90.8 cm³/mol. The van der Waals surface area contributed by atoms with E-state index in [1.54, 1.807) is 0 Å². The second-order valence-corrected chi connectivity index (χ2v) is 6.71. The molecule has 0 aromatic heterocycles. The molecule has 0 heterocycles. The number of alkyl halides is 2. The number of halogens is 2. The number of benzene rings is 1. The van der Waals surface area contributed by atoms with Crippen molar-refractivity contribution in [1.29, 1.82) is 0 Å². The highest BCUT2D eigenvalue weighted by molar-refractivity contribution is 5.91. The molecule has 140 valence electrons. The summed E-state index contributed by atoms with van der Waals surface area (Å²) in [5.41, 5.74) is 0.154. The molecule has 1 aromatic rings. The fourth-order valence-electron chi connectivity index (χ4n) is 2.15. The van der Waals surface area contributed by atoms with E-state index in [2.05, 4.69) is 15.4 Å². The van der Waals surface area contributed by atoms with Crippen molar-refractivity contribution in [3.05, 3.63) is 24.3 Å². The number of hydrogen-bond acceptors (Lipinski definition) is 3. The van der Waals surface area contributed by atoms with E-state index in [1.807, 2.05) is 27.7 Å². The Kier molecular flexibility index (Phi) is 7.76. The van der Waals surface area contributed by atoms with Crippen LogP contribution in [0.15, 0.2) is 24.3 Å². The van der Waals surface area contributed by atoms with Crippen molar-refractivity contribution in [2.45, 2.75) is 39.8 Å². The van der Waals surface area contributed by atoms with Crippen LogP contribution in [0.1, 0.15) is 27.7 Å². The van der Waals surface area contributed by atoms with Gasteiger partial charge in [0.1, 0.15) is 5.75 Å². The van der Waals surface area contributed by atoms with Gasteiger partial charge in [-0.05, 0) is 52.0 Å². The molecule has 3 N–H and O–H groups in total. The van der Waals surface area contributed by atoms with E-state index in [-0.39, 0.29) is 36.2 Å². The van der Waals surface area contributed by atoms with Crippen LogP contribution in [0.3, 0.4) is 0 Å². The fraction of sp³-hybridized carbons (Fsp3) is 0.529. The highest BCUT2D eigenvalue weighted by Gasteiger charge is 2.20. The van der Waals surface area contributed by atoms with Crippen LogP contribution in [-0.4, -0.2) is 43.6 Å². The van der Waals surface area contributed by atoms with Crippen LogP contribution in [0, 0.1) is 0 Å². The van der Waals surface area contributed by atoms with Gasteiger partial charge in [-0.15, -0.1) is 0 Å². The molecule has 1 unspecified atom stereocenters. The zero-order valence-corrected chi connectivity index (χ0v) is 15.0. The Morgan fingerprint density at radius 2 is 1.68 bits per heavy atom. The molecular weight excluding hydrogens is 332 g/mol. The number of nitrogens with one attached hydrogen (secondary N) is 3. The number of rotatable bonds is 8. The molecule has 0 radical (unpaired) electrons. The summed E-state index contributed by atoms with van der Waals surface area (Å²) in [6.07, 6.45) is 0. The van der Waals surface area contributed by atoms with Gasteiger partial charge >= 0.3 is 6.61 Å². The minimum atomic E-state index is -2.89. The Morgan fingerprint density at radius 3 is 2.16 bits per heavy atom. The van der Waals surface area contributed by atoms with Crippen molar-refractivity contribution in [2.75, 3.05) is 25.0 Å². The number of ether oxygens (including phenoxy) is 1. The smallest absolute Gasteiger partial charge is 0.387 e. The number of hydrogen-bond donors (Lipinski definition) is 3. The van der Waals surface area contributed by atoms with Crippen LogP contribution >= 0.6 is 0 Å². The first-order chi connectivity index (χ1) is 11.6. The van der Waals surface area contributed by atoms with Crippen molar-refractivity contribution in [1.82, 2.24) is 5.32 Å². The van der Waals surface area contributed by atoms with Crippen molar-refractivity contribution in [3.63, 3.8) is 0 Å². The second-order valence-electron chi connectivity index (χ2n) is 6.71. The maximum absolute atomic E-state index is 12.1. The molecule has 1 atom stereocenters. The van der Waals surface area contributed by atoms with E-state index in [4.69, 9.17) is 0 Å². The molecule has 1 aromatic carbocycles. The third-order valence-electron chi connectivity index (χ3n) is 3.20. The predicted octanol–water partition coefficient (Wildman–Crippen LogP) is 1.05. The molecule has 0 aliphatic heterocycles. The van der Waals surface area contributed by atoms with Gasteiger partial charge in [-0.3, -0.25) is 9.59 Å². The lowest BCUT2D eigenvalue weighted by Crippen LogP contribution is -3.14. The number of carbonyl (C=O) groups excluding carboxylic acids is 2. The zero-order valence-electron chi connectivity index (χ0n) is 15.0. The Hall–Kier alpha value is -2.22. The van der Waals surface area contributed by atoms with Gasteiger partial charge in [0.15, 0.2) is 13.1 Å². The van der Waals surface area contributed by atoms with Crippen LogP contribution in [0.4, 0.5) is 14.5 Å². The maximum Gasteiger partial charge on any atom is 0.387 e. The van der Waals surface area contributed by atoms with Gasteiger partial charge < -0.3 is 20.3 Å². The molecular formula is C17H26F2N3O3+. The minimum absolute atomic E-state index is 0.0210. The molecule has 0 fully saturated rings. The Labute approximate surface area is 146 Å². The number of amides is 2. The monoisotopic (exact) mass is 358 g/mol. The Morgan fingerprint density at radius 1 is 1.12 bits per heavy atom. The highest BCUT2D eigenvalue weighted by Crippen LogP contribution is 2.17. The second kappa shape index (κ2) is 9.31. The van der Waals surface area contributed by atoms with E-state index in [9.17, 15) is 18.4 Å². The SMILES string of the molecule is CC[NH+](CC(=O)Nc1ccc(OC(F)F)cc1)CC(=O)NC(C)(C)C. The third-order valence-corrected chi connectivity index (χ3v) is 3.20. The molecule has 0 aliphatic rings. The lowest BCUT2D eigenvalue weighted by atomic mass is 10.1. The summed E-state index contributed by atoms with van der Waals surface area (Å²) in [6.45, 7) is 5.63. The number of anilines is 1. The topological polar surface area (TPSA) is 71.9 Å². The first kappa shape index (κ1) is 20.8. The summed E-state index contributed by atoms with van der Waals surface area (Å²) in [4.78, 5) is 24.9. The zero-order chi connectivity index (χ0) is 19.0. The molecule has 6 nitrogen and oxygen atoms in total. The van der Waals surface area contributed by atoms with E-state index in [0.29, 0.717) is 12.2 Å². The lowest BCUT2D eigenvalue weighted by molar-refractivity contribution is -0.881. The quantitative estimate of drug-likeness (QED) is 0.650. The molecule has 0 bridgehead atoms. The third kappa shape index (κ3) is 8.99. The van der Waals surface area contributed by atoms with E-state index in [1.165, 1.54) is 24.3 Å². The van der Waals surface area contributed by atoms with Crippen molar-refractivity contribution in [2.24, 2.45) is 0 Å². The van der Waals surface area contributed by atoms with Gasteiger partial charge in [-0.1, -0.05) is 0 Å². The van der Waals surface area contributed by atoms with Crippen LogP contribution in [0.5, 0.6) is 5.75 Å². The summed E-state index contributed by atoms with van der Waals surface area (Å²) in [7, 11) is 0. The standard InChI is InChI=1S/C17H25F2N3O3/c1-5-22(11-15(24)21-17(2,3)4)10-14(23)20-12-6-8-13(9-7-12)25-16(18)19/h6-9,16H,5,10-11H2,1-4H3,(H,20,23)(H,21,24)/p+1. The molecule has 0 aliphatic carbocycles. The summed E-state index contributed by atoms with van der Waals surface area (Å²) in [5, 5.41) is 5.54. The van der Waals surface area contributed by atoms with Gasteiger partial charge in [0.2, 0.25) is 0 Å². The molecule has 0 saturated carbocycles. The fourth-order valence-corrected chi connectivity index (χ4v) is 2.15. The van der Waals surface area contributed by atoms with Gasteiger partial charge in [0, 0.05) is 11.2 Å². The number of carbonyl (C=O) groups is 2. The van der Waals surface area contributed by atoms with Gasteiger partial charge in [0.05, 0.1) is 6.54 Å². The number of quaternary nitrogens is 1. The first-order valence-electron chi connectivity index (χ1n) is 8.08. The minimum Gasteiger partial charge on any atom is -0.435 e. The van der Waals surface area contributed by atoms with Gasteiger partial charge in [-0.25, -0.2) is 0 Å². The van der Waals surface area contributed by atoms with E-state index in [0.717, 1.165) is 4.90 Å². The maximum atomic E-state index is 12.1. The van der Waals surface area contributed by atoms with E-state index < -0.39 is 6.61 Å². The molecule has 1 rings (SSSR count). The summed E-state index contributed by atoms with van der Waals surface area (Å²) >= 11 is 0. The Balaban J connectivity index is 2.51. The van der Waals surface area contributed by atoms with Crippen LogP contribution in [0.2, 0.25) is 0 Å². The first-order valence-corrected chi connectivity index (χ1v) is 8.08. The normalized spacial score (nSPS) is 12.6. The van der Waals surface area contributed by atoms with Crippen LogP contribution in [-0.2, 0) is 9.59 Å². The summed E-state index contributed by atoms with van der Waals surface area (Å²) in [6, 6.07) is 5.66. The average molecular weight is 358 g/mol. The Bertz CT molecular complexity index is 571. The molecule has 0 spiro atoms. The van der Waals surface area contributed by atoms with Gasteiger partial charge in [-0.2, -0.15) is 8.78 Å². The molecule has 0 saturated heterocycles. The van der Waals surface area contributed by atoms with Crippen LogP contribution < -0.4 is 20.3 Å². The summed E-state index contributed by atoms with van der Waals surface area (Å²) < 4.78 is 28.4. The van der Waals surface area contributed by atoms with Crippen molar-refractivity contribution < 1.29 is 28.0 Å². The lowest BCUT2D eigenvalue weighted by Gasteiger charge is -2.23. The largest absolute Gasteiger partial charge is 0.435 e. The summed E-state index contributed by atoms with van der Waals surface area (Å²) in [5.74, 6) is -0.360. The van der Waals surface area contributed by atoms with Crippen molar-refractivity contribution in [3.8, 4) is 5.75 Å². The molecule has 8 heteroatoms. The van der Waals surface area contributed by atoms with Crippen LogP contribution in [0.25, 0.3) is 0 Å². The van der Waals surface area contributed by atoms with E-state index >= 15 is 0 Å². The number of likely N-dealkylation sites (N-methyl/N-ethyl adjacent to an activating group) is 1. The van der Waals surface area contributed by atoms with Crippen molar-refractivity contribution >= 4 is 17.5 Å². The molecule has 25 heavy (non-hydrogen) atoms.